The molecule has 0 saturated carbocycles. The highest BCUT2D eigenvalue weighted by Gasteiger charge is 2.41. The fourth-order valence-electron chi connectivity index (χ4n) is 3.31. The molecule has 3 unspecified atom stereocenters. The number of nitrogens with one attached hydrogen (secondary N) is 1. The van der Waals surface area contributed by atoms with E-state index in [1.54, 1.807) is 0 Å². The summed E-state index contributed by atoms with van der Waals surface area (Å²) in [5.41, 5.74) is 6.50. The minimum atomic E-state index is -1.49. The van der Waals surface area contributed by atoms with Crippen LogP contribution in [-0.2, 0) is 25.6 Å². The summed E-state index contributed by atoms with van der Waals surface area (Å²) in [7, 11) is 0. The van der Waals surface area contributed by atoms with E-state index >= 15 is 0 Å². The van der Waals surface area contributed by atoms with Crippen LogP contribution in [0.25, 0.3) is 0 Å². The van der Waals surface area contributed by atoms with Crippen molar-refractivity contribution in [1.29, 1.82) is 0 Å². The van der Waals surface area contributed by atoms with Crippen LogP contribution in [-0.4, -0.2) is 56.9 Å². The molecule has 1 aliphatic rings. The number of carbonyl (C=O) groups is 4. The number of phenols is 1. The molecule has 0 spiro atoms. The van der Waals surface area contributed by atoms with Gasteiger partial charge in [0.2, 0.25) is 11.8 Å². The zero-order chi connectivity index (χ0) is 21.7. The molecule has 0 radical (unpaired) electrons. The van der Waals surface area contributed by atoms with E-state index in [1.165, 1.54) is 24.3 Å². The number of nitrogens with zero attached hydrogens (tertiary/aromatic N) is 1. The maximum absolute atomic E-state index is 13.0. The van der Waals surface area contributed by atoms with Gasteiger partial charge >= 0.3 is 5.97 Å². The second kappa shape index (κ2) is 9.51. The smallest absolute Gasteiger partial charge is 0.327 e. The van der Waals surface area contributed by atoms with Gasteiger partial charge in [-0.15, -0.1) is 0 Å². The topological polar surface area (TPSA) is 150 Å². The Balaban J connectivity index is 2.36. The second-order valence-corrected chi connectivity index (χ2v) is 7.67. The first-order valence-electron chi connectivity index (χ1n) is 9.52. The number of imide groups is 1. The van der Waals surface area contributed by atoms with Crippen LogP contribution >= 0.6 is 0 Å². The first-order chi connectivity index (χ1) is 13.6. The van der Waals surface area contributed by atoms with Gasteiger partial charge in [-0.05, 0) is 36.5 Å². The Morgan fingerprint density at radius 1 is 1.24 bits per heavy atom. The van der Waals surface area contributed by atoms with Crippen LogP contribution in [0, 0.1) is 5.92 Å². The number of hydrogen-bond acceptors (Lipinski definition) is 6. The second-order valence-electron chi connectivity index (χ2n) is 7.67. The van der Waals surface area contributed by atoms with Crippen molar-refractivity contribution >= 4 is 23.7 Å². The highest BCUT2D eigenvalue weighted by molar-refractivity contribution is 6.05. The lowest BCUT2D eigenvalue weighted by molar-refractivity contribution is -0.159. The van der Waals surface area contributed by atoms with E-state index in [0.29, 0.717) is 10.5 Å². The van der Waals surface area contributed by atoms with Crippen LogP contribution in [0.2, 0.25) is 0 Å². The van der Waals surface area contributed by atoms with Crippen molar-refractivity contribution in [2.24, 2.45) is 11.7 Å². The van der Waals surface area contributed by atoms with Gasteiger partial charge in [0.25, 0.3) is 5.91 Å². The third-order valence-electron chi connectivity index (χ3n) is 4.77. The third-order valence-corrected chi connectivity index (χ3v) is 4.77. The number of aliphatic carboxylic acids is 1. The molecule has 1 fully saturated rings. The van der Waals surface area contributed by atoms with Crippen LogP contribution in [0.1, 0.15) is 38.7 Å². The number of carboxylic acids is 1. The molecule has 2 rings (SSSR count). The molecule has 0 aliphatic carbocycles. The molecule has 158 valence electrons. The van der Waals surface area contributed by atoms with Gasteiger partial charge in [0.1, 0.15) is 17.8 Å². The molecule has 0 bridgehead atoms. The molecule has 1 heterocycles. The average molecular weight is 405 g/mol. The van der Waals surface area contributed by atoms with Crippen LogP contribution < -0.4 is 11.1 Å². The lowest BCUT2D eigenvalue weighted by Gasteiger charge is -2.31. The normalized spacial score (nSPS) is 18.2. The van der Waals surface area contributed by atoms with E-state index in [9.17, 15) is 29.4 Å². The Labute approximate surface area is 168 Å². The van der Waals surface area contributed by atoms with Gasteiger partial charge in [-0.3, -0.25) is 19.3 Å². The predicted octanol–water partition coefficient (Wildman–Crippen LogP) is 0.395. The van der Waals surface area contributed by atoms with Gasteiger partial charge in [-0.25, -0.2) is 4.79 Å². The van der Waals surface area contributed by atoms with Crippen LogP contribution in [0.3, 0.4) is 0 Å². The van der Waals surface area contributed by atoms with Crippen LogP contribution in [0.4, 0.5) is 0 Å². The van der Waals surface area contributed by atoms with E-state index in [0.717, 1.165) is 0 Å². The third kappa shape index (κ3) is 5.77. The summed E-state index contributed by atoms with van der Waals surface area (Å²) in [6.45, 7) is 3.73. The maximum Gasteiger partial charge on any atom is 0.327 e. The minimum Gasteiger partial charge on any atom is -0.508 e. The molecule has 0 aromatic heterocycles. The van der Waals surface area contributed by atoms with Crippen molar-refractivity contribution in [1.82, 2.24) is 10.2 Å². The molecule has 9 heteroatoms. The lowest BCUT2D eigenvalue weighted by Crippen LogP contribution is -2.59. The Kier molecular flexibility index (Phi) is 7.33. The van der Waals surface area contributed by atoms with Gasteiger partial charge in [-0.1, -0.05) is 26.0 Å². The number of aromatic hydroxyl groups is 1. The first-order valence-corrected chi connectivity index (χ1v) is 9.52. The molecular weight excluding hydrogens is 378 g/mol. The van der Waals surface area contributed by atoms with Gasteiger partial charge in [0.15, 0.2) is 0 Å². The highest BCUT2D eigenvalue weighted by Crippen LogP contribution is 2.19. The number of rotatable bonds is 8. The summed E-state index contributed by atoms with van der Waals surface area (Å²) >= 11 is 0. The van der Waals surface area contributed by atoms with E-state index in [1.807, 2.05) is 13.8 Å². The van der Waals surface area contributed by atoms with E-state index in [4.69, 9.17) is 5.73 Å². The van der Waals surface area contributed by atoms with Crippen LogP contribution in [0.15, 0.2) is 24.3 Å². The van der Waals surface area contributed by atoms with Gasteiger partial charge in [-0.2, -0.15) is 0 Å². The van der Waals surface area contributed by atoms with Crippen molar-refractivity contribution in [3.63, 3.8) is 0 Å². The highest BCUT2D eigenvalue weighted by atomic mass is 16.4. The van der Waals surface area contributed by atoms with E-state index in [2.05, 4.69) is 5.32 Å². The lowest BCUT2D eigenvalue weighted by atomic mass is 9.99. The summed E-state index contributed by atoms with van der Waals surface area (Å²) < 4.78 is 0. The van der Waals surface area contributed by atoms with E-state index < -0.39 is 35.9 Å². The monoisotopic (exact) mass is 405 g/mol. The number of nitrogens with two attached hydrogens (primary N) is 1. The Bertz CT molecular complexity index is 777. The zero-order valence-electron chi connectivity index (χ0n) is 16.5. The summed E-state index contributed by atoms with van der Waals surface area (Å²) in [6.07, 6.45) is 0.450. The molecule has 1 aromatic carbocycles. The molecule has 9 nitrogen and oxygen atoms in total. The van der Waals surface area contributed by atoms with Crippen molar-refractivity contribution in [2.45, 2.75) is 57.7 Å². The van der Waals surface area contributed by atoms with Gasteiger partial charge in [0.05, 0.1) is 6.04 Å². The molecule has 1 aromatic rings. The number of benzene rings is 1. The molecular formula is C20H27N3O6. The number of carbonyl (C=O) groups excluding carboxylic acids is 3. The largest absolute Gasteiger partial charge is 0.508 e. The quantitative estimate of drug-likeness (QED) is 0.489. The van der Waals surface area contributed by atoms with Crippen molar-refractivity contribution < 1.29 is 29.4 Å². The minimum absolute atomic E-state index is 0.0113. The zero-order valence-corrected chi connectivity index (χ0v) is 16.5. The van der Waals surface area contributed by atoms with Gasteiger partial charge < -0.3 is 21.3 Å². The number of carboxylic acid groups (broad SMARTS) is 1. The Hall–Kier alpha value is -2.94. The predicted molar refractivity (Wildman–Crippen MR) is 104 cm³/mol. The SMILES string of the molecule is CC(C)CC(N)C(=O)N(C(=O)C1CCC(=O)N1)C(Cc1ccc(O)cc1)C(=O)O. The molecule has 1 saturated heterocycles. The van der Waals surface area contributed by atoms with Crippen molar-refractivity contribution in [3.05, 3.63) is 29.8 Å². The van der Waals surface area contributed by atoms with Crippen molar-refractivity contribution in [3.8, 4) is 5.75 Å². The fourth-order valence-corrected chi connectivity index (χ4v) is 3.31. The summed E-state index contributed by atoms with van der Waals surface area (Å²) in [4.78, 5) is 50.3. The molecule has 3 amide bonds. The van der Waals surface area contributed by atoms with E-state index in [-0.39, 0.29) is 43.3 Å². The molecule has 3 atom stereocenters. The average Bonchev–Trinajstić information content (AvgIpc) is 3.08. The number of phenolic OH excluding ortho intramolecular Hbond substituents is 1. The summed E-state index contributed by atoms with van der Waals surface area (Å²) in [5.74, 6) is -3.16. The van der Waals surface area contributed by atoms with Crippen LogP contribution in [0.5, 0.6) is 5.75 Å². The summed E-state index contributed by atoms with van der Waals surface area (Å²) in [5, 5.41) is 21.7. The summed E-state index contributed by atoms with van der Waals surface area (Å²) in [6, 6.07) is 2.33. The van der Waals surface area contributed by atoms with Gasteiger partial charge in [0, 0.05) is 12.8 Å². The fraction of sp³-hybridized carbons (Fsp3) is 0.500. The first kappa shape index (κ1) is 22.4. The Morgan fingerprint density at radius 3 is 2.34 bits per heavy atom. The molecule has 5 N–H and O–H groups in total. The Morgan fingerprint density at radius 2 is 1.86 bits per heavy atom. The standard InChI is InChI=1S/C20H27N3O6/c1-11(2)9-14(21)18(26)23(19(27)15-7-8-17(25)22-15)16(20(28)29)10-12-3-5-13(24)6-4-12/h3-6,11,14-16,24H,7-10,21H2,1-2H3,(H,22,25)(H,28,29). The maximum atomic E-state index is 13.0. The number of amides is 3. The number of hydrogen-bond donors (Lipinski definition) is 4. The molecule has 1 aliphatic heterocycles. The van der Waals surface area contributed by atoms with Crippen molar-refractivity contribution in [2.75, 3.05) is 0 Å². The molecule has 29 heavy (non-hydrogen) atoms.